The van der Waals surface area contributed by atoms with E-state index in [1.54, 1.807) is 0 Å². The number of aliphatic hydroxyl groups excluding tert-OH is 1. The highest BCUT2D eigenvalue weighted by Gasteiger charge is 2.28. The molecule has 108 valence electrons. The molecule has 1 aliphatic rings. The van der Waals surface area contributed by atoms with Gasteiger partial charge in [-0.1, -0.05) is 37.8 Å². The van der Waals surface area contributed by atoms with Gasteiger partial charge in [0.1, 0.15) is 6.61 Å². The first-order chi connectivity index (χ1) is 9.69. The van der Waals surface area contributed by atoms with Gasteiger partial charge in [0.15, 0.2) is 0 Å². The van der Waals surface area contributed by atoms with Crippen LogP contribution >= 0.6 is 0 Å². The zero-order valence-electron chi connectivity index (χ0n) is 12.6. The monoisotopic (exact) mass is 271 g/mol. The third kappa shape index (κ3) is 5.00. The van der Waals surface area contributed by atoms with Crippen LogP contribution in [0, 0.1) is 17.8 Å². The molecule has 0 heterocycles. The quantitative estimate of drug-likeness (QED) is 0.804. The number of aliphatic hydroxyl groups is 1. The molecule has 0 amide bonds. The molecule has 1 aromatic carbocycles. The van der Waals surface area contributed by atoms with E-state index in [2.05, 4.69) is 42.7 Å². The summed E-state index contributed by atoms with van der Waals surface area (Å²) in [6.07, 6.45) is 3.99. The molecule has 1 fully saturated rings. The van der Waals surface area contributed by atoms with Crippen LogP contribution in [-0.4, -0.2) is 29.2 Å². The molecule has 0 spiro atoms. The maximum Gasteiger partial charge on any atom is 0.104 e. The Morgan fingerprint density at radius 1 is 1.25 bits per heavy atom. The highest BCUT2D eigenvalue weighted by molar-refractivity contribution is 5.36. The molecule has 0 saturated heterocycles. The Balaban J connectivity index is 1.92. The van der Waals surface area contributed by atoms with Gasteiger partial charge in [0, 0.05) is 18.2 Å². The van der Waals surface area contributed by atoms with Crippen LogP contribution < -0.4 is 0 Å². The number of hydrogen-bond donors (Lipinski definition) is 1. The maximum atomic E-state index is 8.69. The third-order valence-corrected chi connectivity index (χ3v) is 3.71. The van der Waals surface area contributed by atoms with Gasteiger partial charge in [-0.05, 0) is 49.4 Å². The van der Waals surface area contributed by atoms with Crippen LogP contribution in [0.1, 0.15) is 44.2 Å². The average Bonchev–Trinajstić information content (AvgIpc) is 3.27. The van der Waals surface area contributed by atoms with E-state index in [9.17, 15) is 0 Å². The molecule has 1 saturated carbocycles. The summed E-state index contributed by atoms with van der Waals surface area (Å²) in [5, 5.41) is 8.69. The minimum Gasteiger partial charge on any atom is -0.384 e. The lowest BCUT2D eigenvalue weighted by Crippen LogP contribution is -2.27. The van der Waals surface area contributed by atoms with Crippen molar-refractivity contribution in [2.75, 3.05) is 13.2 Å². The molecule has 2 nitrogen and oxygen atoms in total. The fourth-order valence-corrected chi connectivity index (χ4v) is 2.32. The summed E-state index contributed by atoms with van der Waals surface area (Å²) in [6.45, 7) is 6.76. The normalized spacial score (nSPS) is 14.4. The molecule has 0 aliphatic heterocycles. The molecule has 0 aromatic heterocycles. The van der Waals surface area contributed by atoms with Crippen molar-refractivity contribution < 1.29 is 5.11 Å². The van der Waals surface area contributed by atoms with Crippen molar-refractivity contribution >= 4 is 0 Å². The van der Waals surface area contributed by atoms with E-state index in [1.165, 1.54) is 31.4 Å². The molecule has 0 unspecified atom stereocenters. The lowest BCUT2D eigenvalue weighted by Gasteiger charge is -2.23. The van der Waals surface area contributed by atoms with Gasteiger partial charge in [0.25, 0.3) is 0 Å². The highest BCUT2D eigenvalue weighted by atomic mass is 16.2. The fraction of sp³-hybridized carbons (Fsp3) is 0.556. The van der Waals surface area contributed by atoms with Crippen molar-refractivity contribution in [2.24, 2.45) is 5.92 Å². The van der Waals surface area contributed by atoms with Gasteiger partial charge >= 0.3 is 0 Å². The van der Waals surface area contributed by atoms with Gasteiger partial charge in [0.2, 0.25) is 0 Å². The molecule has 0 radical (unpaired) electrons. The van der Waals surface area contributed by atoms with Crippen LogP contribution in [0.5, 0.6) is 0 Å². The predicted octanol–water partition coefficient (Wildman–Crippen LogP) is 3.04. The van der Waals surface area contributed by atoms with Gasteiger partial charge in [-0.25, -0.2) is 0 Å². The Hall–Kier alpha value is -1.30. The smallest absolute Gasteiger partial charge is 0.104 e. The van der Waals surface area contributed by atoms with Gasteiger partial charge < -0.3 is 5.11 Å². The Labute approximate surface area is 122 Å². The summed E-state index contributed by atoms with van der Waals surface area (Å²) in [7, 11) is 0. The van der Waals surface area contributed by atoms with Crippen molar-refractivity contribution in [1.29, 1.82) is 0 Å². The summed E-state index contributed by atoms with van der Waals surface area (Å²) >= 11 is 0. The third-order valence-electron chi connectivity index (χ3n) is 3.71. The molecule has 20 heavy (non-hydrogen) atoms. The summed E-state index contributed by atoms with van der Waals surface area (Å²) in [5.41, 5.74) is 2.33. The van der Waals surface area contributed by atoms with Gasteiger partial charge in [-0.15, -0.1) is 0 Å². The summed E-state index contributed by atoms with van der Waals surface area (Å²) in [6, 6.07) is 9.22. The lowest BCUT2D eigenvalue weighted by molar-refractivity contribution is 0.239. The van der Waals surface area contributed by atoms with E-state index >= 15 is 0 Å². The molecule has 1 aliphatic carbocycles. The van der Waals surface area contributed by atoms with E-state index in [1.807, 2.05) is 12.1 Å². The molecule has 0 atom stereocenters. The minimum absolute atomic E-state index is 0.0770. The second-order valence-electron chi connectivity index (χ2n) is 6.04. The first-order valence-corrected chi connectivity index (χ1v) is 7.61. The van der Waals surface area contributed by atoms with Crippen LogP contribution in [-0.2, 0) is 6.54 Å². The lowest BCUT2D eigenvalue weighted by atomic mass is 10.1. The Kier molecular flexibility index (Phi) is 5.64. The number of hydrogen-bond acceptors (Lipinski definition) is 2. The second kappa shape index (κ2) is 7.47. The Morgan fingerprint density at radius 3 is 2.50 bits per heavy atom. The van der Waals surface area contributed by atoms with Gasteiger partial charge in [-0.3, -0.25) is 4.90 Å². The molecule has 0 bridgehead atoms. The molecule has 1 N–H and O–H groups in total. The van der Waals surface area contributed by atoms with E-state index in [0.29, 0.717) is 0 Å². The minimum atomic E-state index is -0.0770. The number of nitrogens with zero attached hydrogens (tertiary/aromatic N) is 1. The van der Waals surface area contributed by atoms with E-state index in [-0.39, 0.29) is 6.61 Å². The molecule has 1 aromatic rings. The SMILES string of the molecule is CC(C)CCN(Cc1ccc(C#CCO)cc1)C1CC1. The van der Waals surface area contributed by atoms with Crippen molar-refractivity contribution in [3.8, 4) is 11.8 Å². The van der Waals surface area contributed by atoms with Crippen LogP contribution in [0.4, 0.5) is 0 Å². The van der Waals surface area contributed by atoms with Crippen LogP contribution in [0.3, 0.4) is 0 Å². The molecular formula is C18H25NO. The molecule has 2 heteroatoms. The van der Waals surface area contributed by atoms with Crippen molar-refractivity contribution in [3.63, 3.8) is 0 Å². The predicted molar refractivity (Wildman–Crippen MR) is 83.3 cm³/mol. The Morgan fingerprint density at radius 2 is 1.95 bits per heavy atom. The van der Waals surface area contributed by atoms with E-state index < -0.39 is 0 Å². The van der Waals surface area contributed by atoms with E-state index in [4.69, 9.17) is 5.11 Å². The zero-order valence-corrected chi connectivity index (χ0v) is 12.6. The Bertz CT molecular complexity index is 462. The van der Waals surface area contributed by atoms with Crippen LogP contribution in [0.25, 0.3) is 0 Å². The standard InChI is InChI=1S/C18H25NO/c1-15(2)11-12-19(18-9-10-18)14-17-7-5-16(6-8-17)4-3-13-20/h5-8,15,18,20H,9-14H2,1-2H3. The first kappa shape index (κ1) is 15.1. The zero-order chi connectivity index (χ0) is 14.4. The molecular weight excluding hydrogens is 246 g/mol. The maximum absolute atomic E-state index is 8.69. The summed E-state index contributed by atoms with van der Waals surface area (Å²) < 4.78 is 0. The second-order valence-corrected chi connectivity index (χ2v) is 6.04. The number of rotatable bonds is 6. The van der Waals surface area contributed by atoms with Crippen molar-refractivity contribution in [1.82, 2.24) is 4.90 Å². The van der Waals surface area contributed by atoms with Gasteiger partial charge in [-0.2, -0.15) is 0 Å². The first-order valence-electron chi connectivity index (χ1n) is 7.61. The topological polar surface area (TPSA) is 23.5 Å². The van der Waals surface area contributed by atoms with Crippen LogP contribution in [0.2, 0.25) is 0 Å². The number of benzene rings is 1. The highest BCUT2D eigenvalue weighted by Crippen LogP contribution is 2.28. The average molecular weight is 271 g/mol. The van der Waals surface area contributed by atoms with E-state index in [0.717, 1.165) is 24.1 Å². The van der Waals surface area contributed by atoms with Crippen LogP contribution in [0.15, 0.2) is 24.3 Å². The molecule has 2 rings (SSSR count). The fourth-order valence-electron chi connectivity index (χ4n) is 2.32. The van der Waals surface area contributed by atoms with Crippen molar-refractivity contribution in [2.45, 2.75) is 45.7 Å². The largest absolute Gasteiger partial charge is 0.384 e. The van der Waals surface area contributed by atoms with Gasteiger partial charge in [0.05, 0.1) is 0 Å². The summed E-state index contributed by atoms with van der Waals surface area (Å²) in [4.78, 5) is 2.62. The summed E-state index contributed by atoms with van der Waals surface area (Å²) in [5.74, 6) is 6.39. The van der Waals surface area contributed by atoms with Crippen molar-refractivity contribution in [3.05, 3.63) is 35.4 Å².